The van der Waals surface area contributed by atoms with Crippen LogP contribution in [-0.2, 0) is 21.1 Å². The number of amides is 2. The van der Waals surface area contributed by atoms with Gasteiger partial charge in [0.2, 0.25) is 0 Å². The number of hydrogen-bond donors (Lipinski definition) is 1. The van der Waals surface area contributed by atoms with Crippen LogP contribution >= 0.6 is 0 Å². The van der Waals surface area contributed by atoms with Crippen molar-refractivity contribution in [3.8, 4) is 0 Å². The molecule has 2 fully saturated rings. The average Bonchev–Trinajstić information content (AvgIpc) is 2.84. The van der Waals surface area contributed by atoms with Crippen LogP contribution < -0.4 is 5.32 Å². The van der Waals surface area contributed by atoms with Crippen LogP contribution in [0.1, 0.15) is 6.92 Å². The summed E-state index contributed by atoms with van der Waals surface area (Å²) in [5, 5.41) is 5.67. The van der Waals surface area contributed by atoms with Gasteiger partial charge in [-0.2, -0.15) is 5.10 Å². The fourth-order valence-corrected chi connectivity index (χ4v) is 4.84. The molecule has 2 saturated heterocycles. The van der Waals surface area contributed by atoms with Gasteiger partial charge in [0, 0.05) is 6.54 Å². The Hall–Kier alpha value is -1.68. The molecule has 10 heteroatoms. The lowest BCUT2D eigenvalue weighted by Crippen LogP contribution is -2.71. The number of nitrogens with zero attached hydrogens (tertiary/aromatic N) is 3. The highest BCUT2D eigenvalue weighted by Gasteiger charge is 2.53. The Bertz CT molecular complexity index is 699. The van der Waals surface area contributed by atoms with Gasteiger partial charge in [-0.05, 0) is 6.92 Å². The molecule has 23 heavy (non-hydrogen) atoms. The van der Waals surface area contributed by atoms with Crippen molar-refractivity contribution in [2.24, 2.45) is 0 Å². The number of likely N-dealkylation sites (tertiary alicyclic amines) is 1. The lowest BCUT2D eigenvalue weighted by atomic mass is 9.96. The van der Waals surface area contributed by atoms with Crippen molar-refractivity contribution in [3.05, 3.63) is 18.2 Å². The fourth-order valence-electron chi connectivity index (χ4n) is 2.95. The van der Waals surface area contributed by atoms with Crippen LogP contribution in [0.4, 0.5) is 9.18 Å². The van der Waals surface area contributed by atoms with Crippen molar-refractivity contribution in [1.29, 1.82) is 0 Å². The van der Waals surface area contributed by atoms with Crippen LogP contribution in [-0.4, -0.2) is 72.0 Å². The summed E-state index contributed by atoms with van der Waals surface area (Å²) in [4.78, 5) is 13.2. The van der Waals surface area contributed by atoms with E-state index < -0.39 is 26.5 Å². The fraction of sp³-hybridized carbons (Fsp3) is 0.692. The third kappa shape index (κ3) is 3.18. The third-order valence-corrected chi connectivity index (χ3v) is 6.34. The first-order valence-electron chi connectivity index (χ1n) is 7.40. The summed E-state index contributed by atoms with van der Waals surface area (Å²) >= 11 is 0. The number of hydrogen-bond acceptors (Lipinski definition) is 5. The average molecular weight is 346 g/mol. The zero-order chi connectivity index (χ0) is 16.7. The van der Waals surface area contributed by atoms with E-state index in [-0.39, 0.29) is 38.0 Å². The van der Waals surface area contributed by atoms with Crippen molar-refractivity contribution < 1.29 is 22.3 Å². The van der Waals surface area contributed by atoms with Crippen molar-refractivity contribution in [1.82, 2.24) is 20.0 Å². The largest absolute Gasteiger partial charge is 0.369 e. The topological polar surface area (TPSA) is 93.5 Å². The number of carbonyl (C=O) groups excluding carboxylic acids is 1. The summed E-state index contributed by atoms with van der Waals surface area (Å²) in [7, 11) is -3.41. The first-order chi connectivity index (χ1) is 10.8. The SMILES string of the molecule is CCNC(=O)N1CC2(C1)CS(=O)(=O)[C@@H](Cn1cc(F)cn1)CO2. The Morgan fingerprint density at radius 1 is 1.57 bits per heavy atom. The molecule has 0 aliphatic carbocycles. The molecular weight excluding hydrogens is 327 g/mol. The maximum absolute atomic E-state index is 12.9. The minimum atomic E-state index is -3.41. The van der Waals surface area contributed by atoms with E-state index in [0.717, 1.165) is 12.4 Å². The molecule has 1 aromatic heterocycles. The summed E-state index contributed by atoms with van der Waals surface area (Å²) in [6, 6.07) is -0.215. The van der Waals surface area contributed by atoms with Crippen LogP contribution in [0, 0.1) is 5.82 Å². The standard InChI is InChI=1S/C13H19FN4O4S/c1-2-15-12(19)17-7-13(8-17)9-23(20,21)11(6-22-13)5-18-4-10(14)3-16-18/h3-4,11H,2,5-9H2,1H3,(H,15,19)/t11-/m0/s1. The molecule has 2 aliphatic rings. The number of rotatable bonds is 3. The number of halogens is 1. The second-order valence-corrected chi connectivity index (χ2v) is 8.28. The summed E-state index contributed by atoms with van der Waals surface area (Å²) in [6.07, 6.45) is 2.19. The molecule has 0 radical (unpaired) electrons. The first-order valence-corrected chi connectivity index (χ1v) is 9.11. The molecule has 0 unspecified atom stereocenters. The molecule has 2 amide bonds. The monoisotopic (exact) mass is 346 g/mol. The minimum absolute atomic E-state index is 0.0209. The Balaban J connectivity index is 1.61. The molecule has 2 aliphatic heterocycles. The van der Waals surface area contributed by atoms with E-state index >= 15 is 0 Å². The lowest BCUT2D eigenvalue weighted by molar-refractivity contribution is -0.118. The molecule has 0 bridgehead atoms. The number of sulfone groups is 1. The third-order valence-electron chi connectivity index (χ3n) is 4.11. The quantitative estimate of drug-likeness (QED) is 0.805. The van der Waals surface area contributed by atoms with Gasteiger partial charge >= 0.3 is 6.03 Å². The van der Waals surface area contributed by atoms with Crippen LogP contribution in [0.2, 0.25) is 0 Å². The van der Waals surface area contributed by atoms with Crippen molar-refractivity contribution in [2.75, 3.05) is 32.0 Å². The molecule has 3 rings (SSSR count). The van der Waals surface area contributed by atoms with Gasteiger partial charge in [0.1, 0.15) is 10.9 Å². The van der Waals surface area contributed by atoms with Crippen LogP contribution in [0.3, 0.4) is 0 Å². The number of carbonyl (C=O) groups is 1. The Labute approximate surface area is 133 Å². The summed E-state index contributed by atoms with van der Waals surface area (Å²) in [5.74, 6) is -0.642. The van der Waals surface area contributed by atoms with Crippen LogP contribution in [0.5, 0.6) is 0 Å². The van der Waals surface area contributed by atoms with Gasteiger partial charge in [-0.3, -0.25) is 4.68 Å². The van der Waals surface area contributed by atoms with Gasteiger partial charge < -0.3 is 15.0 Å². The number of ether oxygens (including phenoxy) is 1. The van der Waals surface area contributed by atoms with Gasteiger partial charge in [0.15, 0.2) is 15.7 Å². The lowest BCUT2D eigenvalue weighted by Gasteiger charge is -2.51. The van der Waals surface area contributed by atoms with E-state index in [2.05, 4.69) is 10.4 Å². The van der Waals surface area contributed by atoms with Gasteiger partial charge in [-0.25, -0.2) is 17.6 Å². The van der Waals surface area contributed by atoms with Gasteiger partial charge in [0.25, 0.3) is 0 Å². The first kappa shape index (κ1) is 16.2. The molecule has 1 spiro atoms. The Morgan fingerprint density at radius 3 is 2.87 bits per heavy atom. The number of nitrogens with one attached hydrogen (secondary N) is 1. The molecule has 3 heterocycles. The summed E-state index contributed by atoms with van der Waals surface area (Å²) < 4.78 is 44.9. The molecule has 1 N–H and O–H groups in total. The second-order valence-electron chi connectivity index (χ2n) is 6.00. The summed E-state index contributed by atoms with van der Waals surface area (Å²) in [6.45, 7) is 2.94. The maximum atomic E-state index is 12.9. The zero-order valence-electron chi connectivity index (χ0n) is 12.7. The molecule has 8 nitrogen and oxygen atoms in total. The zero-order valence-corrected chi connectivity index (χ0v) is 13.6. The Kier molecular flexibility index (Phi) is 4.05. The molecule has 1 aromatic rings. The van der Waals surface area contributed by atoms with E-state index in [4.69, 9.17) is 4.74 Å². The van der Waals surface area contributed by atoms with Crippen LogP contribution in [0.15, 0.2) is 12.4 Å². The molecule has 128 valence electrons. The normalized spacial score (nSPS) is 25.1. The van der Waals surface area contributed by atoms with Gasteiger partial charge in [-0.1, -0.05) is 0 Å². The maximum Gasteiger partial charge on any atom is 0.317 e. The highest BCUT2D eigenvalue weighted by molar-refractivity contribution is 7.92. The molecular formula is C13H19FN4O4S. The van der Waals surface area contributed by atoms with Crippen molar-refractivity contribution in [3.63, 3.8) is 0 Å². The molecule has 0 saturated carbocycles. The Morgan fingerprint density at radius 2 is 2.30 bits per heavy atom. The summed E-state index contributed by atoms with van der Waals surface area (Å²) in [5.41, 5.74) is -0.810. The van der Waals surface area contributed by atoms with E-state index in [1.165, 1.54) is 9.58 Å². The van der Waals surface area contributed by atoms with Crippen molar-refractivity contribution in [2.45, 2.75) is 24.3 Å². The minimum Gasteiger partial charge on any atom is -0.369 e. The van der Waals surface area contributed by atoms with E-state index in [9.17, 15) is 17.6 Å². The second kappa shape index (κ2) is 5.75. The molecule has 1 atom stereocenters. The highest BCUT2D eigenvalue weighted by atomic mass is 32.2. The predicted octanol–water partition coefficient (Wildman–Crippen LogP) is -0.380. The highest BCUT2D eigenvalue weighted by Crippen LogP contribution is 2.32. The number of aromatic nitrogens is 2. The smallest absolute Gasteiger partial charge is 0.317 e. The van der Waals surface area contributed by atoms with Crippen molar-refractivity contribution >= 4 is 15.9 Å². The van der Waals surface area contributed by atoms with Gasteiger partial charge in [0.05, 0.1) is 44.4 Å². The number of urea groups is 1. The predicted molar refractivity (Wildman–Crippen MR) is 79.1 cm³/mol. The van der Waals surface area contributed by atoms with E-state index in [0.29, 0.717) is 6.54 Å². The van der Waals surface area contributed by atoms with Crippen LogP contribution in [0.25, 0.3) is 0 Å². The van der Waals surface area contributed by atoms with E-state index in [1.54, 1.807) is 0 Å². The molecule has 0 aromatic carbocycles. The van der Waals surface area contributed by atoms with Gasteiger partial charge in [-0.15, -0.1) is 0 Å². The van der Waals surface area contributed by atoms with E-state index in [1.807, 2.05) is 6.92 Å².